The van der Waals surface area contributed by atoms with Gasteiger partial charge >= 0.3 is 12.0 Å². The highest BCUT2D eigenvalue weighted by molar-refractivity contribution is 5.74. The SMILES string of the molecule is CCC(CCNC(=O)N(C)C(C)(C)CC)CCC(=O)O. The molecule has 0 rings (SSSR count). The van der Waals surface area contributed by atoms with Gasteiger partial charge in [0.25, 0.3) is 0 Å². The highest BCUT2D eigenvalue weighted by Crippen LogP contribution is 2.17. The molecule has 118 valence electrons. The Bertz CT molecular complexity index is 316. The molecular weight excluding hydrogens is 256 g/mol. The molecule has 5 nitrogen and oxygen atoms in total. The maximum atomic E-state index is 12.0. The number of carbonyl (C=O) groups is 2. The second kappa shape index (κ2) is 8.82. The van der Waals surface area contributed by atoms with Crippen molar-refractivity contribution in [2.24, 2.45) is 5.92 Å². The van der Waals surface area contributed by atoms with Crippen molar-refractivity contribution >= 4 is 12.0 Å². The van der Waals surface area contributed by atoms with Gasteiger partial charge in [-0.3, -0.25) is 4.79 Å². The van der Waals surface area contributed by atoms with Crippen molar-refractivity contribution in [1.82, 2.24) is 10.2 Å². The molecule has 0 aliphatic rings. The van der Waals surface area contributed by atoms with Crippen molar-refractivity contribution < 1.29 is 14.7 Å². The molecule has 0 aromatic carbocycles. The molecule has 20 heavy (non-hydrogen) atoms. The summed E-state index contributed by atoms with van der Waals surface area (Å²) in [6, 6.07) is -0.0649. The van der Waals surface area contributed by atoms with Gasteiger partial charge in [0.15, 0.2) is 0 Å². The van der Waals surface area contributed by atoms with Crippen molar-refractivity contribution in [3.8, 4) is 0 Å². The van der Waals surface area contributed by atoms with E-state index in [9.17, 15) is 9.59 Å². The standard InChI is InChI=1S/C15H30N2O3/c1-6-12(8-9-13(18)19)10-11-16-14(20)17(5)15(3,4)7-2/h12H,6-11H2,1-5H3,(H,16,20)(H,18,19). The van der Waals surface area contributed by atoms with Crippen LogP contribution in [0.4, 0.5) is 4.79 Å². The Hall–Kier alpha value is -1.26. The van der Waals surface area contributed by atoms with Crippen LogP contribution in [0.25, 0.3) is 0 Å². The molecule has 0 saturated carbocycles. The third-order valence-electron chi connectivity index (χ3n) is 4.25. The second-order valence-corrected chi connectivity index (χ2v) is 5.95. The summed E-state index contributed by atoms with van der Waals surface area (Å²) < 4.78 is 0. The third-order valence-corrected chi connectivity index (χ3v) is 4.25. The number of rotatable bonds is 9. The fraction of sp³-hybridized carbons (Fsp3) is 0.867. The summed E-state index contributed by atoms with van der Waals surface area (Å²) in [5, 5.41) is 11.6. The molecule has 2 amide bonds. The maximum Gasteiger partial charge on any atom is 0.317 e. The largest absolute Gasteiger partial charge is 0.481 e. The van der Waals surface area contributed by atoms with Gasteiger partial charge < -0.3 is 15.3 Å². The summed E-state index contributed by atoms with van der Waals surface area (Å²) in [6.07, 6.45) is 3.55. The van der Waals surface area contributed by atoms with Crippen LogP contribution in [-0.4, -0.2) is 41.1 Å². The summed E-state index contributed by atoms with van der Waals surface area (Å²) in [5.74, 6) is -0.396. The van der Waals surface area contributed by atoms with Gasteiger partial charge in [-0.2, -0.15) is 0 Å². The molecule has 0 aliphatic heterocycles. The van der Waals surface area contributed by atoms with Crippen molar-refractivity contribution in [2.75, 3.05) is 13.6 Å². The molecule has 0 aromatic rings. The fourth-order valence-corrected chi connectivity index (χ4v) is 1.89. The van der Waals surface area contributed by atoms with Crippen LogP contribution in [0.15, 0.2) is 0 Å². The van der Waals surface area contributed by atoms with Crippen LogP contribution in [0.3, 0.4) is 0 Å². The normalized spacial score (nSPS) is 12.8. The van der Waals surface area contributed by atoms with Gasteiger partial charge in [-0.25, -0.2) is 4.79 Å². The summed E-state index contributed by atoms with van der Waals surface area (Å²) in [5.41, 5.74) is -0.155. The molecule has 0 aromatic heterocycles. The van der Waals surface area contributed by atoms with Crippen LogP contribution in [0, 0.1) is 5.92 Å². The third kappa shape index (κ3) is 6.78. The predicted molar refractivity (Wildman–Crippen MR) is 80.8 cm³/mol. The van der Waals surface area contributed by atoms with Gasteiger partial charge in [-0.1, -0.05) is 20.3 Å². The number of hydrogen-bond donors (Lipinski definition) is 2. The smallest absolute Gasteiger partial charge is 0.317 e. The number of amides is 2. The maximum absolute atomic E-state index is 12.0. The molecule has 1 atom stereocenters. The van der Waals surface area contributed by atoms with Crippen molar-refractivity contribution in [2.45, 2.75) is 65.3 Å². The van der Waals surface area contributed by atoms with Crippen LogP contribution >= 0.6 is 0 Å². The van der Waals surface area contributed by atoms with E-state index >= 15 is 0 Å². The fourth-order valence-electron chi connectivity index (χ4n) is 1.89. The lowest BCUT2D eigenvalue weighted by molar-refractivity contribution is -0.137. The lowest BCUT2D eigenvalue weighted by Crippen LogP contribution is -2.49. The number of carboxylic acids is 1. The molecule has 0 saturated heterocycles. The van der Waals surface area contributed by atoms with E-state index < -0.39 is 5.97 Å². The van der Waals surface area contributed by atoms with E-state index in [2.05, 4.69) is 19.2 Å². The first kappa shape index (κ1) is 18.7. The highest BCUT2D eigenvalue weighted by Gasteiger charge is 2.25. The minimum Gasteiger partial charge on any atom is -0.481 e. The Balaban J connectivity index is 4.09. The van der Waals surface area contributed by atoms with E-state index in [1.54, 1.807) is 11.9 Å². The monoisotopic (exact) mass is 286 g/mol. The molecule has 0 aliphatic carbocycles. The molecule has 0 heterocycles. The summed E-state index contributed by atoms with van der Waals surface area (Å²) in [7, 11) is 1.81. The van der Waals surface area contributed by atoms with Crippen LogP contribution in [0.2, 0.25) is 0 Å². The van der Waals surface area contributed by atoms with E-state index in [1.807, 2.05) is 13.8 Å². The lowest BCUT2D eigenvalue weighted by Gasteiger charge is -2.34. The average molecular weight is 286 g/mol. The molecule has 0 radical (unpaired) electrons. The zero-order chi connectivity index (χ0) is 15.8. The molecule has 0 bridgehead atoms. The second-order valence-electron chi connectivity index (χ2n) is 5.95. The minimum atomic E-state index is -0.753. The first-order valence-electron chi connectivity index (χ1n) is 7.48. The topological polar surface area (TPSA) is 69.6 Å². The number of aliphatic carboxylic acids is 1. The van der Waals surface area contributed by atoms with Crippen molar-refractivity contribution in [1.29, 1.82) is 0 Å². The molecule has 1 unspecified atom stereocenters. The van der Waals surface area contributed by atoms with Crippen LogP contribution in [0.5, 0.6) is 0 Å². The predicted octanol–water partition coefficient (Wildman–Crippen LogP) is 3.10. The zero-order valence-corrected chi connectivity index (χ0v) is 13.5. The van der Waals surface area contributed by atoms with Crippen molar-refractivity contribution in [3.63, 3.8) is 0 Å². The Kier molecular flexibility index (Phi) is 8.26. The number of nitrogens with one attached hydrogen (secondary N) is 1. The first-order chi connectivity index (χ1) is 9.24. The van der Waals surface area contributed by atoms with E-state index in [4.69, 9.17) is 5.11 Å². The Morgan fingerprint density at radius 3 is 2.30 bits per heavy atom. The van der Waals surface area contributed by atoms with Gasteiger partial charge in [0, 0.05) is 25.6 Å². The molecule has 0 spiro atoms. The number of hydrogen-bond acceptors (Lipinski definition) is 2. The highest BCUT2D eigenvalue weighted by atomic mass is 16.4. The number of carbonyl (C=O) groups excluding carboxylic acids is 1. The molecular formula is C15H30N2O3. The van der Waals surface area contributed by atoms with Gasteiger partial charge in [0.05, 0.1) is 0 Å². The van der Waals surface area contributed by atoms with Gasteiger partial charge in [0.1, 0.15) is 0 Å². The number of urea groups is 1. The lowest BCUT2D eigenvalue weighted by atomic mass is 9.96. The van der Waals surface area contributed by atoms with E-state index in [0.29, 0.717) is 18.9 Å². The van der Waals surface area contributed by atoms with Gasteiger partial charge in [-0.15, -0.1) is 0 Å². The number of carboxylic acid groups (broad SMARTS) is 1. The summed E-state index contributed by atoms with van der Waals surface area (Å²) in [4.78, 5) is 24.3. The quantitative estimate of drug-likeness (QED) is 0.684. The van der Waals surface area contributed by atoms with Crippen LogP contribution in [0.1, 0.15) is 59.8 Å². The molecule has 0 fully saturated rings. The van der Waals surface area contributed by atoms with E-state index in [1.165, 1.54) is 0 Å². The summed E-state index contributed by atoms with van der Waals surface area (Å²) in [6.45, 7) is 8.78. The van der Waals surface area contributed by atoms with Gasteiger partial charge in [-0.05, 0) is 39.0 Å². The Labute approximate surface area is 122 Å². The van der Waals surface area contributed by atoms with Crippen LogP contribution in [-0.2, 0) is 4.79 Å². The van der Waals surface area contributed by atoms with E-state index in [0.717, 1.165) is 19.3 Å². The van der Waals surface area contributed by atoms with Crippen molar-refractivity contribution in [3.05, 3.63) is 0 Å². The first-order valence-corrected chi connectivity index (χ1v) is 7.48. The molecule has 2 N–H and O–H groups in total. The number of nitrogens with zero attached hydrogens (tertiary/aromatic N) is 1. The Morgan fingerprint density at radius 2 is 1.85 bits per heavy atom. The van der Waals surface area contributed by atoms with Crippen LogP contribution < -0.4 is 5.32 Å². The van der Waals surface area contributed by atoms with E-state index in [-0.39, 0.29) is 18.0 Å². The minimum absolute atomic E-state index is 0.0649. The zero-order valence-electron chi connectivity index (χ0n) is 13.5. The average Bonchev–Trinajstić information content (AvgIpc) is 2.41. The summed E-state index contributed by atoms with van der Waals surface area (Å²) >= 11 is 0. The van der Waals surface area contributed by atoms with Gasteiger partial charge in [0.2, 0.25) is 0 Å². The Morgan fingerprint density at radius 1 is 1.25 bits per heavy atom. The molecule has 5 heteroatoms.